The number of ether oxygens (including phenoxy) is 1. The Morgan fingerprint density at radius 1 is 1.16 bits per heavy atom. The minimum atomic E-state index is -0.451. The van der Waals surface area contributed by atoms with Gasteiger partial charge in [-0.25, -0.2) is 4.79 Å². The zero-order valence-corrected chi connectivity index (χ0v) is 12.6. The van der Waals surface area contributed by atoms with Crippen molar-refractivity contribution in [3.8, 4) is 0 Å². The number of carbonyl (C=O) groups excluding carboxylic acids is 1. The van der Waals surface area contributed by atoms with Crippen LogP contribution in [0.3, 0.4) is 0 Å². The highest BCUT2D eigenvalue weighted by molar-refractivity contribution is 5.69. The van der Waals surface area contributed by atoms with E-state index in [9.17, 15) is 9.90 Å². The third kappa shape index (κ3) is 3.04. The molecule has 19 heavy (non-hydrogen) atoms. The van der Waals surface area contributed by atoms with Crippen LogP contribution in [0.5, 0.6) is 0 Å². The van der Waals surface area contributed by atoms with Gasteiger partial charge in [0.15, 0.2) is 0 Å². The number of aliphatic hydroxyl groups excluding tert-OH is 1. The van der Waals surface area contributed by atoms with Crippen molar-refractivity contribution >= 4 is 6.09 Å². The van der Waals surface area contributed by atoms with E-state index >= 15 is 0 Å². The van der Waals surface area contributed by atoms with Crippen LogP contribution in [-0.4, -0.2) is 28.4 Å². The molecule has 0 spiro atoms. The lowest BCUT2D eigenvalue weighted by molar-refractivity contribution is -0.0628. The third-order valence-electron chi connectivity index (χ3n) is 4.96. The van der Waals surface area contributed by atoms with Crippen molar-refractivity contribution < 1.29 is 14.6 Å². The third-order valence-corrected chi connectivity index (χ3v) is 4.96. The maximum atomic E-state index is 11.9. The van der Waals surface area contributed by atoms with Crippen molar-refractivity contribution in [1.29, 1.82) is 0 Å². The van der Waals surface area contributed by atoms with Gasteiger partial charge in [0, 0.05) is 5.54 Å². The average molecular weight is 269 g/mol. The first-order valence-electron chi connectivity index (χ1n) is 7.36. The predicted octanol–water partition coefficient (Wildman–Crippen LogP) is 2.98. The van der Waals surface area contributed by atoms with Gasteiger partial charge in [-0.15, -0.1) is 0 Å². The molecule has 0 aliphatic heterocycles. The molecule has 0 aromatic heterocycles. The summed E-state index contributed by atoms with van der Waals surface area (Å²) in [6.07, 6.45) is 5.32. The van der Waals surface area contributed by atoms with Gasteiger partial charge in [0.05, 0.1) is 6.10 Å². The SMILES string of the molecule is C[C@H](O)C12CCC(NC(=O)OC(C)(C)C)(CC1)CC2. The molecule has 2 N–H and O–H groups in total. The summed E-state index contributed by atoms with van der Waals surface area (Å²) >= 11 is 0. The Balaban J connectivity index is 1.95. The van der Waals surface area contributed by atoms with Gasteiger partial charge in [-0.3, -0.25) is 0 Å². The van der Waals surface area contributed by atoms with Crippen molar-refractivity contribution in [2.45, 2.75) is 83.5 Å². The number of amides is 1. The molecule has 0 aromatic carbocycles. The molecule has 3 rings (SSSR count). The zero-order valence-electron chi connectivity index (χ0n) is 12.6. The molecular weight excluding hydrogens is 242 g/mol. The first-order chi connectivity index (χ1) is 8.67. The second-order valence-electron chi connectivity index (χ2n) is 7.45. The summed E-state index contributed by atoms with van der Waals surface area (Å²) in [7, 11) is 0. The summed E-state index contributed by atoms with van der Waals surface area (Å²) in [4.78, 5) is 11.9. The molecular formula is C15H27NO3. The van der Waals surface area contributed by atoms with Crippen LogP contribution in [0.15, 0.2) is 0 Å². The Morgan fingerprint density at radius 2 is 1.63 bits per heavy atom. The molecule has 1 amide bonds. The largest absolute Gasteiger partial charge is 0.444 e. The minimum absolute atomic E-state index is 0.0946. The number of hydrogen-bond acceptors (Lipinski definition) is 3. The fraction of sp³-hybridized carbons (Fsp3) is 0.933. The van der Waals surface area contributed by atoms with Crippen LogP contribution < -0.4 is 5.32 Å². The normalized spacial score (nSPS) is 35.8. The van der Waals surface area contributed by atoms with Crippen molar-refractivity contribution in [2.24, 2.45) is 5.41 Å². The summed E-state index contributed by atoms with van der Waals surface area (Å²) in [5, 5.41) is 13.0. The summed E-state index contributed by atoms with van der Waals surface area (Å²) in [5.74, 6) is 0. The molecule has 3 aliphatic carbocycles. The number of rotatable bonds is 2. The molecule has 0 saturated heterocycles. The summed E-state index contributed by atoms with van der Waals surface area (Å²) in [6, 6.07) is 0. The molecule has 4 heteroatoms. The fourth-order valence-electron chi connectivity index (χ4n) is 3.55. The summed E-state index contributed by atoms with van der Waals surface area (Å²) in [6.45, 7) is 7.54. The van der Waals surface area contributed by atoms with E-state index in [0.717, 1.165) is 38.5 Å². The van der Waals surface area contributed by atoms with E-state index in [-0.39, 0.29) is 23.2 Å². The topological polar surface area (TPSA) is 58.6 Å². The first-order valence-corrected chi connectivity index (χ1v) is 7.36. The minimum Gasteiger partial charge on any atom is -0.444 e. The highest BCUT2D eigenvalue weighted by Gasteiger charge is 2.51. The number of nitrogens with one attached hydrogen (secondary N) is 1. The van der Waals surface area contributed by atoms with Gasteiger partial charge in [0.25, 0.3) is 0 Å². The lowest BCUT2D eigenvalue weighted by Gasteiger charge is -2.54. The van der Waals surface area contributed by atoms with Gasteiger partial charge in [-0.2, -0.15) is 0 Å². The van der Waals surface area contributed by atoms with Crippen LogP contribution in [0.4, 0.5) is 4.79 Å². The monoisotopic (exact) mass is 269 g/mol. The number of aliphatic hydroxyl groups is 1. The highest BCUT2D eigenvalue weighted by Crippen LogP contribution is 2.54. The maximum absolute atomic E-state index is 11.9. The molecule has 3 saturated carbocycles. The van der Waals surface area contributed by atoms with Gasteiger partial charge < -0.3 is 15.2 Å². The van der Waals surface area contributed by atoms with Crippen LogP contribution in [0, 0.1) is 5.41 Å². The van der Waals surface area contributed by atoms with E-state index in [1.165, 1.54) is 0 Å². The Morgan fingerprint density at radius 3 is 2.00 bits per heavy atom. The highest BCUT2D eigenvalue weighted by atomic mass is 16.6. The van der Waals surface area contributed by atoms with Gasteiger partial charge in [0.1, 0.15) is 5.60 Å². The summed E-state index contributed by atoms with van der Waals surface area (Å²) in [5.41, 5.74) is -0.455. The molecule has 2 bridgehead atoms. The lowest BCUT2D eigenvalue weighted by atomic mass is 9.55. The Labute approximate surface area is 115 Å². The molecule has 3 aliphatic rings. The second-order valence-corrected chi connectivity index (χ2v) is 7.45. The van der Waals surface area contributed by atoms with Crippen molar-refractivity contribution in [3.63, 3.8) is 0 Å². The first kappa shape index (κ1) is 14.6. The quantitative estimate of drug-likeness (QED) is 0.810. The van der Waals surface area contributed by atoms with Crippen molar-refractivity contribution in [1.82, 2.24) is 5.32 Å². The number of carbonyl (C=O) groups is 1. The van der Waals surface area contributed by atoms with Gasteiger partial charge >= 0.3 is 6.09 Å². The fourth-order valence-corrected chi connectivity index (χ4v) is 3.55. The molecule has 0 radical (unpaired) electrons. The van der Waals surface area contributed by atoms with Crippen LogP contribution in [0.25, 0.3) is 0 Å². The van der Waals surface area contributed by atoms with E-state index in [0.29, 0.717) is 0 Å². The molecule has 110 valence electrons. The summed E-state index contributed by atoms with van der Waals surface area (Å²) < 4.78 is 5.36. The van der Waals surface area contributed by atoms with Gasteiger partial charge in [-0.05, 0) is 71.6 Å². The van der Waals surface area contributed by atoms with E-state index in [1.54, 1.807) is 0 Å². The lowest BCUT2D eigenvalue weighted by Crippen LogP contribution is -2.59. The average Bonchev–Trinajstić information content (AvgIpc) is 2.27. The van der Waals surface area contributed by atoms with Crippen LogP contribution in [0.2, 0.25) is 0 Å². The second kappa shape index (κ2) is 4.65. The van der Waals surface area contributed by atoms with Gasteiger partial charge in [0.2, 0.25) is 0 Å². The molecule has 4 nitrogen and oxygen atoms in total. The van der Waals surface area contributed by atoms with Crippen LogP contribution in [-0.2, 0) is 4.74 Å². The van der Waals surface area contributed by atoms with Crippen LogP contribution in [0.1, 0.15) is 66.2 Å². The van der Waals surface area contributed by atoms with Crippen molar-refractivity contribution in [3.05, 3.63) is 0 Å². The Bertz CT molecular complexity index is 332. The molecule has 0 heterocycles. The van der Waals surface area contributed by atoms with Gasteiger partial charge in [-0.1, -0.05) is 0 Å². The standard InChI is InChI=1S/C15H27NO3/c1-11(17)14-5-8-15(9-6-14,10-7-14)16-12(18)19-13(2,3)4/h11,17H,5-10H2,1-4H3,(H,16,18)/t11-,14?,15?/m0/s1. The number of fused-ring (bicyclic) bond motifs is 3. The number of alkyl carbamates (subject to hydrolysis) is 1. The number of hydrogen-bond donors (Lipinski definition) is 2. The van der Waals surface area contributed by atoms with E-state index in [4.69, 9.17) is 4.74 Å². The smallest absolute Gasteiger partial charge is 0.408 e. The zero-order chi connectivity index (χ0) is 14.3. The van der Waals surface area contributed by atoms with Crippen molar-refractivity contribution in [2.75, 3.05) is 0 Å². The predicted molar refractivity (Wildman–Crippen MR) is 73.9 cm³/mol. The molecule has 1 atom stereocenters. The Kier molecular flexibility index (Phi) is 3.58. The maximum Gasteiger partial charge on any atom is 0.408 e. The molecule has 3 fully saturated rings. The Hall–Kier alpha value is -0.770. The van der Waals surface area contributed by atoms with E-state index < -0.39 is 5.60 Å². The van der Waals surface area contributed by atoms with E-state index in [1.807, 2.05) is 27.7 Å². The van der Waals surface area contributed by atoms with E-state index in [2.05, 4.69) is 5.32 Å². The molecule has 0 aromatic rings. The molecule has 0 unspecified atom stereocenters. The van der Waals surface area contributed by atoms with Crippen LogP contribution >= 0.6 is 0 Å².